The lowest BCUT2D eigenvalue weighted by atomic mass is 10.2. The maximum absolute atomic E-state index is 6.25. The molecule has 3 aromatic rings. The zero-order chi connectivity index (χ0) is 15.1. The molecule has 114 valence electrons. The third kappa shape index (κ3) is 2.47. The Bertz CT molecular complexity index is 822. The molecule has 1 aromatic carbocycles. The molecule has 0 amide bonds. The zero-order valence-electron chi connectivity index (χ0n) is 12.1. The predicted octanol–water partition coefficient (Wildman–Crippen LogP) is 3.32. The highest BCUT2D eigenvalue weighted by Crippen LogP contribution is 2.36. The summed E-state index contributed by atoms with van der Waals surface area (Å²) in [7, 11) is 0. The highest BCUT2D eigenvalue weighted by atomic mass is 35.5. The molecule has 22 heavy (non-hydrogen) atoms. The summed E-state index contributed by atoms with van der Waals surface area (Å²) in [5.41, 5.74) is 2.45. The van der Waals surface area contributed by atoms with Crippen LogP contribution in [0.4, 0.5) is 6.01 Å². The van der Waals surface area contributed by atoms with Gasteiger partial charge in [0.25, 0.3) is 6.01 Å². The van der Waals surface area contributed by atoms with E-state index < -0.39 is 0 Å². The van der Waals surface area contributed by atoms with Crippen LogP contribution in [0.3, 0.4) is 0 Å². The minimum absolute atomic E-state index is 0.649. The lowest BCUT2D eigenvalue weighted by Gasteiger charge is -2.25. The van der Waals surface area contributed by atoms with E-state index in [1.54, 1.807) is 11.3 Å². The molecule has 5 nitrogen and oxygen atoms in total. The summed E-state index contributed by atoms with van der Waals surface area (Å²) < 4.78 is 6.05. The first kappa shape index (κ1) is 14.0. The van der Waals surface area contributed by atoms with Gasteiger partial charge in [-0.15, -0.1) is 11.3 Å². The first-order valence-corrected chi connectivity index (χ1v) is 8.39. The molecule has 0 bridgehead atoms. The van der Waals surface area contributed by atoms with Gasteiger partial charge >= 0.3 is 0 Å². The van der Waals surface area contributed by atoms with Gasteiger partial charge in [0.15, 0.2) is 5.58 Å². The van der Waals surface area contributed by atoms with Crippen LogP contribution in [0, 0.1) is 6.92 Å². The van der Waals surface area contributed by atoms with E-state index in [4.69, 9.17) is 16.0 Å². The molecule has 1 fully saturated rings. The van der Waals surface area contributed by atoms with Crippen LogP contribution in [0.15, 0.2) is 22.7 Å². The molecule has 0 spiro atoms. The second-order valence-corrected chi connectivity index (χ2v) is 6.98. The quantitative estimate of drug-likeness (QED) is 0.779. The van der Waals surface area contributed by atoms with E-state index in [0.29, 0.717) is 11.0 Å². The molecule has 1 N–H and O–H groups in total. The smallest absolute Gasteiger partial charge is 0.298 e. The van der Waals surface area contributed by atoms with E-state index >= 15 is 0 Å². The number of aryl methyl sites for hydroxylation is 1. The third-order valence-electron chi connectivity index (χ3n) is 3.68. The summed E-state index contributed by atoms with van der Waals surface area (Å²) in [5.74, 6) is 0. The summed E-state index contributed by atoms with van der Waals surface area (Å²) >= 11 is 7.88. The number of rotatable bonds is 2. The average molecular weight is 335 g/mol. The average Bonchev–Trinajstić information content (AvgIpc) is 3.13. The first-order chi connectivity index (χ1) is 10.7. The molecule has 4 rings (SSSR count). The molecule has 3 heterocycles. The van der Waals surface area contributed by atoms with Crippen molar-refractivity contribution in [2.45, 2.75) is 6.92 Å². The summed E-state index contributed by atoms with van der Waals surface area (Å²) in [6, 6.07) is 4.40. The van der Waals surface area contributed by atoms with Gasteiger partial charge in [0.2, 0.25) is 0 Å². The second-order valence-electron chi connectivity index (χ2n) is 5.31. The molecule has 0 saturated carbocycles. The van der Waals surface area contributed by atoms with E-state index in [2.05, 4.69) is 20.2 Å². The zero-order valence-corrected chi connectivity index (χ0v) is 13.7. The molecular formula is C15H15ClN4OS. The fourth-order valence-electron chi connectivity index (χ4n) is 2.62. The number of oxazole rings is 1. The van der Waals surface area contributed by atoms with Gasteiger partial charge in [-0.1, -0.05) is 11.6 Å². The first-order valence-electron chi connectivity index (χ1n) is 7.19. The van der Waals surface area contributed by atoms with Crippen LogP contribution in [0.25, 0.3) is 21.7 Å². The summed E-state index contributed by atoms with van der Waals surface area (Å²) in [6.07, 6.45) is 1.86. The van der Waals surface area contributed by atoms with Crippen LogP contribution < -0.4 is 10.2 Å². The fraction of sp³-hybridized carbons (Fsp3) is 0.333. The Morgan fingerprint density at radius 3 is 2.86 bits per heavy atom. The van der Waals surface area contributed by atoms with Crippen LogP contribution in [0.2, 0.25) is 5.02 Å². The van der Waals surface area contributed by atoms with Gasteiger partial charge in [-0.05, 0) is 19.1 Å². The van der Waals surface area contributed by atoms with Gasteiger partial charge < -0.3 is 14.6 Å². The molecule has 2 aromatic heterocycles. The minimum atomic E-state index is 0.649. The van der Waals surface area contributed by atoms with Crippen molar-refractivity contribution >= 4 is 40.1 Å². The van der Waals surface area contributed by atoms with E-state index in [1.165, 1.54) is 0 Å². The number of benzene rings is 1. The number of anilines is 1. The maximum atomic E-state index is 6.25. The van der Waals surface area contributed by atoms with Crippen LogP contribution in [-0.2, 0) is 0 Å². The van der Waals surface area contributed by atoms with Gasteiger partial charge in [-0.25, -0.2) is 4.98 Å². The summed E-state index contributed by atoms with van der Waals surface area (Å²) in [4.78, 5) is 12.4. The van der Waals surface area contributed by atoms with Crippen LogP contribution >= 0.6 is 22.9 Å². The molecule has 0 unspecified atom stereocenters. The standard InChI is InChI=1S/C15H15ClN4OS/c1-9-8-18-14(22-9)11-6-10(16)7-12-13(11)21-15(19-12)20-4-2-17-3-5-20/h6-8,17H,2-5H2,1H3. The maximum Gasteiger partial charge on any atom is 0.298 e. The van der Waals surface area contributed by atoms with E-state index in [-0.39, 0.29) is 0 Å². The molecule has 0 atom stereocenters. The number of piperazine rings is 1. The Morgan fingerprint density at radius 1 is 1.32 bits per heavy atom. The number of thiazole rings is 1. The monoisotopic (exact) mass is 334 g/mol. The van der Waals surface area contributed by atoms with Crippen LogP contribution in [0.1, 0.15) is 4.88 Å². The van der Waals surface area contributed by atoms with Gasteiger partial charge in [0, 0.05) is 42.3 Å². The highest BCUT2D eigenvalue weighted by molar-refractivity contribution is 7.15. The van der Waals surface area contributed by atoms with Gasteiger partial charge in [-0.3, -0.25) is 0 Å². The fourth-order valence-corrected chi connectivity index (χ4v) is 3.61. The van der Waals surface area contributed by atoms with E-state index in [9.17, 15) is 0 Å². The molecule has 1 aliphatic rings. The molecule has 1 saturated heterocycles. The van der Waals surface area contributed by atoms with Crippen molar-refractivity contribution < 1.29 is 4.42 Å². The van der Waals surface area contributed by atoms with Crippen molar-refractivity contribution in [3.8, 4) is 10.6 Å². The Kier molecular flexibility index (Phi) is 3.52. The van der Waals surface area contributed by atoms with Crippen molar-refractivity contribution in [1.29, 1.82) is 0 Å². The van der Waals surface area contributed by atoms with E-state index in [1.807, 2.05) is 25.3 Å². The van der Waals surface area contributed by atoms with Gasteiger partial charge in [0.1, 0.15) is 10.5 Å². The molecular weight excluding hydrogens is 320 g/mol. The summed E-state index contributed by atoms with van der Waals surface area (Å²) in [5, 5.41) is 4.89. The minimum Gasteiger partial charge on any atom is -0.423 e. The normalized spacial score (nSPS) is 15.6. The van der Waals surface area contributed by atoms with Crippen molar-refractivity contribution in [2.24, 2.45) is 0 Å². The highest BCUT2D eigenvalue weighted by Gasteiger charge is 2.20. The number of hydrogen-bond donors (Lipinski definition) is 1. The van der Waals surface area contributed by atoms with Crippen molar-refractivity contribution in [2.75, 3.05) is 31.1 Å². The Hall–Kier alpha value is -1.63. The topological polar surface area (TPSA) is 54.2 Å². The largest absolute Gasteiger partial charge is 0.423 e. The number of nitrogens with one attached hydrogen (secondary N) is 1. The number of hydrogen-bond acceptors (Lipinski definition) is 6. The Balaban J connectivity index is 1.84. The molecule has 1 aliphatic heterocycles. The predicted molar refractivity (Wildman–Crippen MR) is 89.9 cm³/mol. The number of halogens is 1. The Morgan fingerprint density at radius 2 is 2.14 bits per heavy atom. The lowest BCUT2D eigenvalue weighted by Crippen LogP contribution is -2.43. The van der Waals surface area contributed by atoms with Crippen molar-refractivity contribution in [1.82, 2.24) is 15.3 Å². The molecule has 7 heteroatoms. The third-order valence-corrected chi connectivity index (χ3v) is 4.85. The second kappa shape index (κ2) is 5.53. The van der Waals surface area contributed by atoms with Crippen molar-refractivity contribution in [3.05, 3.63) is 28.2 Å². The van der Waals surface area contributed by atoms with Gasteiger partial charge in [-0.2, -0.15) is 4.98 Å². The molecule has 0 aliphatic carbocycles. The number of aromatic nitrogens is 2. The van der Waals surface area contributed by atoms with E-state index in [0.717, 1.165) is 52.7 Å². The van der Waals surface area contributed by atoms with Gasteiger partial charge in [0.05, 0.1) is 5.56 Å². The Labute approximate surface area is 136 Å². The summed E-state index contributed by atoms with van der Waals surface area (Å²) in [6.45, 7) is 5.71. The lowest BCUT2D eigenvalue weighted by molar-refractivity contribution is 0.518. The molecule has 0 radical (unpaired) electrons. The van der Waals surface area contributed by atoms with Crippen molar-refractivity contribution in [3.63, 3.8) is 0 Å². The SMILES string of the molecule is Cc1cnc(-c2cc(Cl)cc3nc(N4CCNCC4)oc23)s1. The number of nitrogens with zero attached hydrogens (tertiary/aromatic N) is 3. The number of fused-ring (bicyclic) bond motifs is 1. The van der Waals surface area contributed by atoms with Crippen LogP contribution in [-0.4, -0.2) is 36.1 Å². The van der Waals surface area contributed by atoms with Crippen LogP contribution in [0.5, 0.6) is 0 Å².